The number of hydrogen-bond donors (Lipinski definition) is 1. The number of halogens is 5. The summed E-state index contributed by atoms with van der Waals surface area (Å²) in [7, 11) is -5.52. The van der Waals surface area contributed by atoms with Crippen molar-refractivity contribution in [3.63, 3.8) is 0 Å². The van der Waals surface area contributed by atoms with Crippen molar-refractivity contribution in [3.8, 4) is 0 Å². The molecular formula is C6HF5O3SZr. The average molecular weight is 339 g/mol. The molecule has 0 atom stereocenters. The maximum Gasteiger partial charge on any atom is 0.300 e. The number of rotatable bonds is 1. The van der Waals surface area contributed by atoms with E-state index < -0.39 is 44.1 Å². The van der Waals surface area contributed by atoms with Gasteiger partial charge in [-0.05, 0) is 0 Å². The standard InChI is InChI=1S/C6HF5O3S.Zr/c7-1-2(8)4(10)6(15(12,13)14)5(11)3(1)9;/h(H,12,13,14);. The summed E-state index contributed by atoms with van der Waals surface area (Å²) < 4.78 is 91.3. The van der Waals surface area contributed by atoms with Crippen molar-refractivity contribution in [2.45, 2.75) is 4.90 Å². The Kier molecular flexibility index (Phi) is 4.79. The predicted octanol–water partition coefficient (Wildman–Crippen LogP) is 1.63. The monoisotopic (exact) mass is 338 g/mol. The van der Waals surface area contributed by atoms with Gasteiger partial charge in [-0.3, -0.25) is 4.55 Å². The number of hydrogen-bond acceptors (Lipinski definition) is 2. The van der Waals surface area contributed by atoms with Crippen molar-refractivity contribution in [1.29, 1.82) is 0 Å². The maximum atomic E-state index is 12.6. The van der Waals surface area contributed by atoms with Gasteiger partial charge in [0.05, 0.1) is 0 Å². The van der Waals surface area contributed by atoms with Crippen molar-refractivity contribution >= 4 is 10.1 Å². The molecule has 0 bridgehead atoms. The second-order valence-electron chi connectivity index (χ2n) is 2.37. The molecule has 1 rings (SSSR count). The molecule has 1 N–H and O–H groups in total. The first kappa shape index (κ1) is 15.7. The fourth-order valence-corrected chi connectivity index (χ4v) is 1.44. The Bertz CT molecular complexity index is 500. The van der Waals surface area contributed by atoms with Gasteiger partial charge in [-0.1, -0.05) is 0 Å². The molecule has 0 heterocycles. The molecule has 0 unspecified atom stereocenters. The molecule has 0 aliphatic heterocycles. The Labute approximate surface area is 105 Å². The molecule has 10 heteroatoms. The van der Waals surface area contributed by atoms with Crippen molar-refractivity contribution in [2.75, 3.05) is 0 Å². The van der Waals surface area contributed by atoms with Crippen molar-refractivity contribution in [1.82, 2.24) is 0 Å². The van der Waals surface area contributed by atoms with Gasteiger partial charge in [0.1, 0.15) is 0 Å². The Morgan fingerprint density at radius 2 is 1.00 bits per heavy atom. The molecule has 0 radical (unpaired) electrons. The van der Waals surface area contributed by atoms with E-state index >= 15 is 0 Å². The summed E-state index contributed by atoms with van der Waals surface area (Å²) in [4.78, 5) is -2.26. The first-order chi connectivity index (χ1) is 6.68. The van der Waals surface area contributed by atoms with Gasteiger partial charge < -0.3 is 0 Å². The SMILES string of the molecule is O=S(=O)(O)c1c(F)c(F)c(F)c(F)c1F.[Zr]. The first-order valence-electron chi connectivity index (χ1n) is 3.16. The van der Waals surface area contributed by atoms with Crippen LogP contribution in [0.2, 0.25) is 0 Å². The van der Waals surface area contributed by atoms with Crippen LogP contribution in [-0.4, -0.2) is 13.0 Å². The molecule has 1 aromatic rings. The summed E-state index contributed by atoms with van der Waals surface area (Å²) >= 11 is 0. The summed E-state index contributed by atoms with van der Waals surface area (Å²) in [6.45, 7) is 0. The largest absolute Gasteiger partial charge is 0.300 e. The third-order valence-electron chi connectivity index (χ3n) is 1.43. The minimum absolute atomic E-state index is 0. The molecule has 88 valence electrons. The van der Waals surface area contributed by atoms with Crippen LogP contribution in [0.25, 0.3) is 0 Å². The fourth-order valence-electron chi connectivity index (χ4n) is 0.811. The zero-order chi connectivity index (χ0) is 12.0. The summed E-state index contributed by atoms with van der Waals surface area (Å²) in [5, 5.41) is 0. The van der Waals surface area contributed by atoms with Crippen LogP contribution in [0.3, 0.4) is 0 Å². The quantitative estimate of drug-likeness (QED) is 0.366. The summed E-state index contributed by atoms with van der Waals surface area (Å²) in [5.41, 5.74) is 0. The van der Waals surface area contributed by atoms with Gasteiger partial charge >= 0.3 is 10.1 Å². The van der Waals surface area contributed by atoms with Gasteiger partial charge in [0.2, 0.25) is 5.82 Å². The molecule has 0 saturated heterocycles. The van der Waals surface area contributed by atoms with E-state index in [4.69, 9.17) is 4.55 Å². The molecule has 1 aromatic carbocycles. The van der Waals surface area contributed by atoms with Crippen molar-refractivity contribution in [3.05, 3.63) is 29.1 Å². The molecule has 0 aliphatic rings. The van der Waals surface area contributed by atoms with Crippen LogP contribution >= 0.6 is 0 Å². The van der Waals surface area contributed by atoms with E-state index in [1.165, 1.54) is 0 Å². The van der Waals surface area contributed by atoms with Crippen LogP contribution in [0.1, 0.15) is 0 Å². The van der Waals surface area contributed by atoms with E-state index in [-0.39, 0.29) is 26.2 Å². The van der Waals surface area contributed by atoms with Crippen LogP contribution in [-0.2, 0) is 36.3 Å². The van der Waals surface area contributed by atoms with Crippen LogP contribution in [0, 0.1) is 29.1 Å². The zero-order valence-corrected chi connectivity index (χ0v) is 10.3. The molecule has 16 heavy (non-hydrogen) atoms. The van der Waals surface area contributed by atoms with Gasteiger partial charge in [0, 0.05) is 26.2 Å². The molecule has 0 aromatic heterocycles. The van der Waals surface area contributed by atoms with E-state index in [9.17, 15) is 30.4 Å². The maximum absolute atomic E-state index is 12.6. The molecule has 3 nitrogen and oxygen atoms in total. The first-order valence-corrected chi connectivity index (χ1v) is 4.61. The van der Waals surface area contributed by atoms with Gasteiger partial charge in [0.25, 0.3) is 0 Å². The molecule has 0 saturated carbocycles. The fraction of sp³-hybridized carbons (Fsp3) is 0. The molecular weight excluding hydrogens is 338 g/mol. The van der Waals surface area contributed by atoms with Gasteiger partial charge in [-0.15, -0.1) is 0 Å². The normalized spacial score (nSPS) is 11.1. The van der Waals surface area contributed by atoms with Crippen LogP contribution < -0.4 is 0 Å². The average Bonchev–Trinajstić information content (AvgIpc) is 2.09. The second-order valence-corrected chi connectivity index (χ2v) is 3.73. The van der Waals surface area contributed by atoms with E-state index in [2.05, 4.69) is 0 Å². The second kappa shape index (κ2) is 4.89. The minimum atomic E-state index is -5.52. The van der Waals surface area contributed by atoms with E-state index in [1.807, 2.05) is 0 Å². The Hall–Kier alpha value is -0.337. The van der Waals surface area contributed by atoms with E-state index in [1.54, 1.807) is 0 Å². The van der Waals surface area contributed by atoms with Gasteiger partial charge in [-0.25, -0.2) is 22.0 Å². The summed E-state index contributed by atoms with van der Waals surface area (Å²) in [6, 6.07) is 0. The molecule has 0 fully saturated rings. The van der Waals surface area contributed by atoms with Gasteiger partial charge in [0.15, 0.2) is 28.2 Å². The Morgan fingerprint density at radius 1 is 0.750 bits per heavy atom. The molecule has 0 aliphatic carbocycles. The van der Waals surface area contributed by atoms with Crippen molar-refractivity contribution < 1.29 is 61.1 Å². The smallest absolute Gasteiger partial charge is 0.282 e. The minimum Gasteiger partial charge on any atom is -0.282 e. The predicted molar refractivity (Wildman–Crippen MR) is 36.0 cm³/mol. The third-order valence-corrected chi connectivity index (χ3v) is 2.30. The molecule has 0 spiro atoms. The Balaban J connectivity index is 0.00000225. The summed E-state index contributed by atoms with van der Waals surface area (Å²) in [5.74, 6) is -12.6. The van der Waals surface area contributed by atoms with Crippen LogP contribution in [0.4, 0.5) is 22.0 Å². The zero-order valence-electron chi connectivity index (χ0n) is 7.06. The van der Waals surface area contributed by atoms with Crippen molar-refractivity contribution in [2.24, 2.45) is 0 Å². The van der Waals surface area contributed by atoms with E-state index in [0.29, 0.717) is 0 Å². The Morgan fingerprint density at radius 3 is 1.25 bits per heavy atom. The topological polar surface area (TPSA) is 54.4 Å². The van der Waals surface area contributed by atoms with Gasteiger partial charge in [-0.2, -0.15) is 8.42 Å². The van der Waals surface area contributed by atoms with Crippen LogP contribution in [0.5, 0.6) is 0 Å². The molecule has 0 amide bonds. The third kappa shape index (κ3) is 2.49. The number of benzene rings is 1. The van der Waals surface area contributed by atoms with Crippen LogP contribution in [0.15, 0.2) is 4.90 Å². The van der Waals surface area contributed by atoms with E-state index in [0.717, 1.165) is 0 Å². The summed E-state index contributed by atoms with van der Waals surface area (Å²) in [6.07, 6.45) is 0.